The van der Waals surface area contributed by atoms with Crippen LogP contribution in [0.2, 0.25) is 0 Å². The van der Waals surface area contributed by atoms with E-state index < -0.39 is 0 Å². The van der Waals surface area contributed by atoms with Gasteiger partial charge in [-0.3, -0.25) is 0 Å². The van der Waals surface area contributed by atoms with E-state index in [2.05, 4.69) is 20.8 Å². The summed E-state index contributed by atoms with van der Waals surface area (Å²) in [5.41, 5.74) is 0. The molecule has 0 bridgehead atoms. The molecule has 64 valence electrons. The minimum absolute atomic E-state index is 0. The topological polar surface area (TPSA) is 0 Å². The van der Waals surface area contributed by atoms with Crippen molar-refractivity contribution in [2.45, 2.75) is 46.5 Å². The van der Waals surface area contributed by atoms with Crippen LogP contribution in [0.4, 0.5) is 0 Å². The molecule has 0 aromatic rings. The van der Waals surface area contributed by atoms with Crippen molar-refractivity contribution in [3.05, 3.63) is 0 Å². The zero-order valence-electron chi connectivity index (χ0n) is 11.6. The third kappa shape index (κ3) is 5.67. The van der Waals surface area contributed by atoms with E-state index in [1.54, 1.807) is 0 Å². The van der Waals surface area contributed by atoms with E-state index in [0.29, 0.717) is 0 Å². The smallest absolute Gasteiger partial charge is 1.00 e. The van der Waals surface area contributed by atoms with Crippen molar-refractivity contribution in [3.8, 4) is 0 Å². The van der Waals surface area contributed by atoms with E-state index in [9.17, 15) is 0 Å². The van der Waals surface area contributed by atoms with Crippen molar-refractivity contribution in [1.29, 1.82) is 0 Å². The summed E-state index contributed by atoms with van der Waals surface area (Å²) in [5.74, 6) is 2.97. The second kappa shape index (κ2) is 8.32. The molecule has 12 heavy (non-hydrogen) atoms. The third-order valence-corrected chi connectivity index (χ3v) is 3.00. The fraction of sp³-hybridized carbons (Fsp3) is 1.00. The van der Waals surface area contributed by atoms with Gasteiger partial charge in [0.15, 0.2) is 0 Å². The molecule has 0 aliphatic heterocycles. The first kappa shape index (κ1) is 16.4. The van der Waals surface area contributed by atoms with Gasteiger partial charge in [0.1, 0.15) is 0 Å². The molecule has 0 heterocycles. The van der Waals surface area contributed by atoms with Crippen molar-refractivity contribution < 1.29 is 62.0 Å². The molecular formula is C10H22Na2. The Labute approximate surface area is 125 Å². The van der Waals surface area contributed by atoms with Gasteiger partial charge in [-0.25, -0.2) is 0 Å². The van der Waals surface area contributed by atoms with E-state index in [1.807, 2.05) is 0 Å². The van der Waals surface area contributed by atoms with E-state index in [0.717, 1.165) is 17.8 Å². The Morgan fingerprint density at radius 3 is 1.75 bits per heavy atom. The molecule has 0 nitrogen and oxygen atoms in total. The Balaban J connectivity index is -0.000000125. The van der Waals surface area contributed by atoms with E-state index in [1.165, 1.54) is 25.7 Å². The van der Waals surface area contributed by atoms with Crippen LogP contribution >= 0.6 is 0 Å². The summed E-state index contributed by atoms with van der Waals surface area (Å²) in [6, 6.07) is 0. The van der Waals surface area contributed by atoms with Gasteiger partial charge in [0.25, 0.3) is 0 Å². The standard InChI is InChI=1S/C10H20.2Na.2H/c1-8(2)10-6-4-9(3)5-7-10;;;;/h8-10H,4-7H2,1-3H3;;;;/q;2*+1;2*-1. The monoisotopic (exact) mass is 188 g/mol. The van der Waals surface area contributed by atoms with Gasteiger partial charge in [0.2, 0.25) is 0 Å². The molecule has 0 N–H and O–H groups in total. The first-order chi connectivity index (χ1) is 4.70. The Hall–Kier alpha value is 2.00. The number of hydrogen-bond donors (Lipinski definition) is 0. The molecule has 0 spiro atoms. The average Bonchev–Trinajstić information content (AvgIpc) is 1.88. The SMILES string of the molecule is CC1CCC(C(C)C)CC1.[H-].[H-].[Na+].[Na+]. The predicted molar refractivity (Wildman–Crippen MR) is 48.2 cm³/mol. The summed E-state index contributed by atoms with van der Waals surface area (Å²) in [4.78, 5) is 0. The Morgan fingerprint density at radius 2 is 1.42 bits per heavy atom. The van der Waals surface area contributed by atoms with E-state index >= 15 is 0 Å². The largest absolute Gasteiger partial charge is 1.00 e. The quantitative estimate of drug-likeness (QED) is 0.406. The van der Waals surface area contributed by atoms with Gasteiger partial charge in [0, 0.05) is 0 Å². The second-order valence-corrected chi connectivity index (χ2v) is 4.26. The van der Waals surface area contributed by atoms with Crippen LogP contribution in [-0.4, -0.2) is 0 Å². The molecule has 0 atom stereocenters. The molecule has 0 amide bonds. The Kier molecular flexibility index (Phi) is 11.4. The van der Waals surface area contributed by atoms with Gasteiger partial charge in [-0.1, -0.05) is 33.6 Å². The Bertz CT molecular complexity index is 102. The molecule has 0 aromatic carbocycles. The van der Waals surface area contributed by atoms with Crippen LogP contribution in [0.3, 0.4) is 0 Å². The molecule has 0 aromatic heterocycles. The molecule has 1 rings (SSSR count). The zero-order valence-corrected chi connectivity index (χ0v) is 13.6. The summed E-state index contributed by atoms with van der Waals surface area (Å²) in [7, 11) is 0. The van der Waals surface area contributed by atoms with Crippen LogP contribution < -0.4 is 59.1 Å². The van der Waals surface area contributed by atoms with Crippen LogP contribution in [-0.2, 0) is 0 Å². The van der Waals surface area contributed by atoms with Gasteiger partial charge < -0.3 is 2.85 Å². The van der Waals surface area contributed by atoms with Crippen molar-refractivity contribution in [1.82, 2.24) is 0 Å². The average molecular weight is 188 g/mol. The van der Waals surface area contributed by atoms with E-state index in [-0.39, 0.29) is 62.0 Å². The summed E-state index contributed by atoms with van der Waals surface area (Å²) in [6.45, 7) is 7.11. The summed E-state index contributed by atoms with van der Waals surface area (Å²) >= 11 is 0. The molecule has 0 radical (unpaired) electrons. The maximum atomic E-state index is 2.39. The van der Waals surface area contributed by atoms with Crippen LogP contribution in [0, 0.1) is 17.8 Å². The second-order valence-electron chi connectivity index (χ2n) is 4.26. The van der Waals surface area contributed by atoms with Crippen LogP contribution in [0.5, 0.6) is 0 Å². The van der Waals surface area contributed by atoms with Gasteiger partial charge in [-0.05, 0) is 30.6 Å². The van der Waals surface area contributed by atoms with Gasteiger partial charge in [-0.15, -0.1) is 0 Å². The predicted octanol–water partition coefficient (Wildman–Crippen LogP) is -2.30. The van der Waals surface area contributed by atoms with Gasteiger partial charge in [-0.2, -0.15) is 0 Å². The van der Waals surface area contributed by atoms with Crippen LogP contribution in [0.1, 0.15) is 49.3 Å². The van der Waals surface area contributed by atoms with Crippen molar-refractivity contribution >= 4 is 0 Å². The van der Waals surface area contributed by atoms with Gasteiger partial charge >= 0.3 is 59.1 Å². The normalized spacial score (nSPS) is 29.0. The first-order valence-corrected chi connectivity index (χ1v) is 4.70. The number of rotatable bonds is 1. The Morgan fingerprint density at radius 1 is 1.00 bits per heavy atom. The van der Waals surface area contributed by atoms with Crippen LogP contribution in [0.25, 0.3) is 0 Å². The van der Waals surface area contributed by atoms with Crippen molar-refractivity contribution in [2.75, 3.05) is 0 Å². The first-order valence-electron chi connectivity index (χ1n) is 4.70. The molecule has 1 saturated carbocycles. The minimum atomic E-state index is 0. The van der Waals surface area contributed by atoms with Gasteiger partial charge in [0.05, 0.1) is 0 Å². The molecule has 1 fully saturated rings. The summed E-state index contributed by atoms with van der Waals surface area (Å²) in [5, 5.41) is 0. The minimum Gasteiger partial charge on any atom is -1.00 e. The maximum Gasteiger partial charge on any atom is 1.00 e. The zero-order chi connectivity index (χ0) is 7.56. The van der Waals surface area contributed by atoms with E-state index in [4.69, 9.17) is 0 Å². The van der Waals surface area contributed by atoms with Crippen molar-refractivity contribution in [2.24, 2.45) is 17.8 Å². The fourth-order valence-electron chi connectivity index (χ4n) is 1.95. The van der Waals surface area contributed by atoms with Crippen molar-refractivity contribution in [3.63, 3.8) is 0 Å². The fourth-order valence-corrected chi connectivity index (χ4v) is 1.95. The summed E-state index contributed by atoms with van der Waals surface area (Å²) in [6.07, 6.45) is 5.92. The summed E-state index contributed by atoms with van der Waals surface area (Å²) < 4.78 is 0. The molecule has 1 aliphatic carbocycles. The molecule has 1 aliphatic rings. The third-order valence-electron chi connectivity index (χ3n) is 3.00. The molecule has 2 heteroatoms. The number of hydrogen-bond acceptors (Lipinski definition) is 0. The maximum absolute atomic E-state index is 2.39. The molecule has 0 saturated heterocycles. The molecule has 0 unspecified atom stereocenters. The van der Waals surface area contributed by atoms with Crippen LogP contribution in [0.15, 0.2) is 0 Å². The molecular weight excluding hydrogens is 166 g/mol.